The highest BCUT2D eigenvalue weighted by molar-refractivity contribution is 5.99. The Kier molecular flexibility index (Phi) is 4.94. The summed E-state index contributed by atoms with van der Waals surface area (Å²) in [5.74, 6) is 0.668. The molecule has 0 aliphatic carbocycles. The highest BCUT2D eigenvalue weighted by atomic mass is 19.4. The van der Waals surface area contributed by atoms with Gasteiger partial charge in [0.1, 0.15) is 0 Å². The summed E-state index contributed by atoms with van der Waals surface area (Å²) in [5.41, 5.74) is 1.37. The number of alkyl halides is 3. The molecule has 3 N–H and O–H groups in total. The lowest BCUT2D eigenvalue weighted by Gasteiger charge is -2.27. The fourth-order valence-corrected chi connectivity index (χ4v) is 2.59. The Labute approximate surface area is 143 Å². The second kappa shape index (κ2) is 7.14. The minimum atomic E-state index is -4.39. The van der Waals surface area contributed by atoms with E-state index in [1.807, 2.05) is 24.3 Å². The van der Waals surface area contributed by atoms with Crippen molar-refractivity contribution in [3.63, 3.8) is 0 Å². The maximum Gasteiger partial charge on any atom is 0.416 e. The van der Waals surface area contributed by atoms with Gasteiger partial charge in [-0.3, -0.25) is 0 Å². The van der Waals surface area contributed by atoms with E-state index in [1.165, 1.54) is 17.7 Å². The van der Waals surface area contributed by atoms with Crippen LogP contribution in [0.15, 0.2) is 48.5 Å². The average molecular weight is 349 g/mol. The van der Waals surface area contributed by atoms with E-state index in [4.69, 9.17) is 0 Å². The molecule has 0 aromatic heterocycles. The molecule has 0 atom stereocenters. The van der Waals surface area contributed by atoms with Crippen LogP contribution in [0.5, 0.6) is 0 Å². The molecule has 25 heavy (non-hydrogen) atoms. The molecular weight excluding hydrogens is 331 g/mol. The van der Waals surface area contributed by atoms with E-state index in [0.717, 1.165) is 31.6 Å². The van der Waals surface area contributed by atoms with Crippen molar-refractivity contribution < 1.29 is 18.0 Å². The van der Waals surface area contributed by atoms with Crippen molar-refractivity contribution >= 4 is 17.4 Å². The summed E-state index contributed by atoms with van der Waals surface area (Å²) >= 11 is 0. The molecule has 0 radical (unpaired) electrons. The predicted octanol–water partition coefficient (Wildman–Crippen LogP) is 4.11. The van der Waals surface area contributed by atoms with Crippen LogP contribution in [0.1, 0.15) is 11.1 Å². The Morgan fingerprint density at radius 1 is 0.960 bits per heavy atom. The molecular formula is C18H18F3N3O. The smallest absolute Gasteiger partial charge is 0.316 e. The first kappa shape index (κ1) is 17.3. The minimum Gasteiger partial charge on any atom is -0.316 e. The van der Waals surface area contributed by atoms with Crippen molar-refractivity contribution in [1.82, 2.24) is 5.32 Å². The molecule has 2 aromatic rings. The fraction of sp³-hybridized carbons (Fsp3) is 0.278. The number of hydrogen-bond donors (Lipinski definition) is 3. The monoisotopic (exact) mass is 349 g/mol. The summed E-state index contributed by atoms with van der Waals surface area (Å²) in [5, 5.41) is 8.39. The van der Waals surface area contributed by atoms with Crippen LogP contribution in [0.3, 0.4) is 0 Å². The third-order valence-corrected chi connectivity index (χ3v) is 4.07. The van der Waals surface area contributed by atoms with Crippen LogP contribution in [0.25, 0.3) is 0 Å². The first-order valence-electron chi connectivity index (χ1n) is 7.95. The van der Waals surface area contributed by atoms with Crippen LogP contribution in [-0.2, 0) is 12.6 Å². The summed E-state index contributed by atoms with van der Waals surface area (Å²) in [6, 6.07) is 11.4. The largest absolute Gasteiger partial charge is 0.416 e. The molecule has 1 aliphatic rings. The topological polar surface area (TPSA) is 53.2 Å². The molecule has 1 saturated heterocycles. The van der Waals surface area contributed by atoms with Crippen molar-refractivity contribution in [3.05, 3.63) is 59.7 Å². The van der Waals surface area contributed by atoms with Crippen molar-refractivity contribution in [3.8, 4) is 0 Å². The van der Waals surface area contributed by atoms with Gasteiger partial charge in [0.15, 0.2) is 0 Å². The Hall–Kier alpha value is -2.54. The van der Waals surface area contributed by atoms with Crippen LogP contribution in [0.2, 0.25) is 0 Å². The number of hydrogen-bond acceptors (Lipinski definition) is 2. The van der Waals surface area contributed by atoms with Crippen LogP contribution in [-0.4, -0.2) is 19.1 Å². The molecule has 2 amide bonds. The molecule has 132 valence electrons. The van der Waals surface area contributed by atoms with Gasteiger partial charge in [0.05, 0.1) is 5.56 Å². The normalized spacial score (nSPS) is 14.7. The zero-order valence-electron chi connectivity index (χ0n) is 13.4. The lowest BCUT2D eigenvalue weighted by Crippen LogP contribution is -2.43. The fourth-order valence-electron chi connectivity index (χ4n) is 2.59. The molecule has 0 spiro atoms. The molecule has 0 saturated carbocycles. The third kappa shape index (κ3) is 4.73. The summed E-state index contributed by atoms with van der Waals surface area (Å²) in [6.45, 7) is 2.07. The molecule has 1 heterocycles. The first-order valence-corrected chi connectivity index (χ1v) is 7.95. The van der Waals surface area contributed by atoms with Gasteiger partial charge in [-0.2, -0.15) is 13.2 Å². The van der Waals surface area contributed by atoms with Gasteiger partial charge in [-0.05, 0) is 67.4 Å². The maximum atomic E-state index is 12.5. The van der Waals surface area contributed by atoms with Gasteiger partial charge in [0.2, 0.25) is 0 Å². The van der Waals surface area contributed by atoms with Gasteiger partial charge in [0, 0.05) is 11.4 Å². The van der Waals surface area contributed by atoms with E-state index in [0.29, 0.717) is 17.3 Å². The molecule has 4 nitrogen and oxygen atoms in total. The van der Waals surface area contributed by atoms with Crippen molar-refractivity contribution in [2.45, 2.75) is 12.6 Å². The van der Waals surface area contributed by atoms with Crippen LogP contribution in [0.4, 0.5) is 29.3 Å². The van der Waals surface area contributed by atoms with Gasteiger partial charge < -0.3 is 16.0 Å². The first-order chi connectivity index (χ1) is 11.9. The zero-order valence-corrected chi connectivity index (χ0v) is 13.4. The van der Waals surface area contributed by atoms with Crippen LogP contribution in [0, 0.1) is 5.92 Å². The standard InChI is InChI=1S/C18H18F3N3O/c19-18(20,21)14-3-7-16(8-4-14)24-17(25)23-15-5-1-12(2-6-15)9-13-10-22-11-13/h1-8,13,22H,9-11H2,(H2,23,24,25). The lowest BCUT2D eigenvalue weighted by atomic mass is 9.94. The number of halogens is 3. The minimum absolute atomic E-state index is 0.291. The Morgan fingerprint density at radius 2 is 1.48 bits per heavy atom. The third-order valence-electron chi connectivity index (χ3n) is 4.07. The van der Waals surface area contributed by atoms with Gasteiger partial charge in [-0.15, -0.1) is 0 Å². The highest BCUT2D eigenvalue weighted by Crippen LogP contribution is 2.29. The summed E-state index contributed by atoms with van der Waals surface area (Å²) in [7, 11) is 0. The van der Waals surface area contributed by atoms with E-state index >= 15 is 0 Å². The maximum absolute atomic E-state index is 12.5. The van der Waals surface area contributed by atoms with E-state index in [-0.39, 0.29) is 0 Å². The second-order valence-electron chi connectivity index (χ2n) is 6.08. The van der Waals surface area contributed by atoms with Gasteiger partial charge in [0.25, 0.3) is 0 Å². The van der Waals surface area contributed by atoms with E-state index < -0.39 is 17.8 Å². The molecule has 1 aliphatic heterocycles. The van der Waals surface area contributed by atoms with Crippen molar-refractivity contribution in [2.75, 3.05) is 23.7 Å². The number of anilines is 2. The van der Waals surface area contributed by atoms with Gasteiger partial charge >= 0.3 is 12.2 Å². The van der Waals surface area contributed by atoms with E-state index in [9.17, 15) is 18.0 Å². The number of urea groups is 1. The quantitative estimate of drug-likeness (QED) is 0.778. The lowest BCUT2D eigenvalue weighted by molar-refractivity contribution is -0.137. The van der Waals surface area contributed by atoms with Crippen molar-refractivity contribution in [2.24, 2.45) is 5.92 Å². The number of rotatable bonds is 4. The van der Waals surface area contributed by atoms with E-state index in [2.05, 4.69) is 16.0 Å². The number of amides is 2. The second-order valence-corrected chi connectivity index (χ2v) is 6.08. The number of carbonyl (C=O) groups excluding carboxylic acids is 1. The average Bonchev–Trinajstić information content (AvgIpc) is 2.52. The molecule has 3 rings (SSSR count). The van der Waals surface area contributed by atoms with Crippen molar-refractivity contribution in [1.29, 1.82) is 0 Å². The highest BCUT2D eigenvalue weighted by Gasteiger charge is 2.29. The number of benzene rings is 2. The zero-order chi connectivity index (χ0) is 17.9. The van der Waals surface area contributed by atoms with E-state index in [1.54, 1.807) is 0 Å². The summed E-state index contributed by atoms with van der Waals surface area (Å²) in [4.78, 5) is 11.9. The van der Waals surface area contributed by atoms with Crippen LogP contribution >= 0.6 is 0 Å². The Balaban J connectivity index is 1.53. The Bertz CT molecular complexity index is 723. The molecule has 0 bridgehead atoms. The van der Waals surface area contributed by atoms with Crippen LogP contribution < -0.4 is 16.0 Å². The predicted molar refractivity (Wildman–Crippen MR) is 90.6 cm³/mol. The summed E-state index contributed by atoms with van der Waals surface area (Å²) in [6.07, 6.45) is -3.39. The SMILES string of the molecule is O=C(Nc1ccc(CC2CNC2)cc1)Nc1ccc(C(F)(F)F)cc1. The molecule has 0 unspecified atom stereocenters. The molecule has 1 fully saturated rings. The summed E-state index contributed by atoms with van der Waals surface area (Å²) < 4.78 is 37.5. The molecule has 7 heteroatoms. The number of nitrogens with one attached hydrogen (secondary N) is 3. The van der Waals surface area contributed by atoms with Gasteiger partial charge in [-0.1, -0.05) is 12.1 Å². The molecule has 2 aromatic carbocycles. The van der Waals surface area contributed by atoms with Gasteiger partial charge in [-0.25, -0.2) is 4.79 Å². The number of carbonyl (C=O) groups is 1. The Morgan fingerprint density at radius 3 is 1.92 bits per heavy atom.